The lowest BCUT2D eigenvalue weighted by Crippen LogP contribution is -2.38. The summed E-state index contributed by atoms with van der Waals surface area (Å²) in [4.78, 5) is 49.1. The van der Waals surface area contributed by atoms with Crippen molar-refractivity contribution in [1.82, 2.24) is 30.0 Å². The van der Waals surface area contributed by atoms with E-state index in [4.69, 9.17) is 14.8 Å². The molecule has 1 aliphatic rings. The maximum absolute atomic E-state index is 13.7. The molecular weight excluding hydrogens is 651 g/mol. The predicted octanol–water partition coefficient (Wildman–Crippen LogP) is 6.79. The number of nitrogens with one attached hydrogen (secondary N) is 1. The van der Waals surface area contributed by atoms with Gasteiger partial charge < -0.3 is 15.2 Å². The van der Waals surface area contributed by atoms with E-state index in [1.807, 2.05) is 36.5 Å². The Hall–Kier alpha value is -6.17. The summed E-state index contributed by atoms with van der Waals surface area (Å²) in [5.74, 6) is -1.52. The molecule has 2 amide bonds. The van der Waals surface area contributed by atoms with Crippen LogP contribution in [0.2, 0.25) is 0 Å². The highest BCUT2D eigenvalue weighted by atomic mass is 19.1. The van der Waals surface area contributed by atoms with Crippen molar-refractivity contribution in [2.24, 2.45) is 0 Å². The van der Waals surface area contributed by atoms with Crippen LogP contribution in [0, 0.1) is 5.82 Å². The summed E-state index contributed by atoms with van der Waals surface area (Å²) in [7, 11) is 0. The van der Waals surface area contributed by atoms with Crippen LogP contribution in [0.25, 0.3) is 23.2 Å². The molecule has 2 heterocycles. The van der Waals surface area contributed by atoms with Crippen LogP contribution in [0.1, 0.15) is 66.0 Å². The quantitative estimate of drug-likeness (QED) is 0.145. The lowest BCUT2D eigenvalue weighted by Gasteiger charge is -2.28. The van der Waals surface area contributed by atoms with Crippen molar-refractivity contribution in [2.75, 3.05) is 0 Å². The maximum atomic E-state index is 13.7. The monoisotopic (exact) mass is 688 g/mol. The molecule has 1 fully saturated rings. The second-order valence-corrected chi connectivity index (χ2v) is 13.2. The van der Waals surface area contributed by atoms with Gasteiger partial charge in [-0.05, 0) is 98.5 Å². The van der Waals surface area contributed by atoms with Gasteiger partial charge in [0.2, 0.25) is 0 Å². The third kappa shape index (κ3) is 9.09. The van der Waals surface area contributed by atoms with Crippen molar-refractivity contribution in [3.05, 3.63) is 137 Å². The Kier molecular flexibility index (Phi) is 10.0. The first kappa shape index (κ1) is 34.7. The molecule has 0 spiro atoms. The molecule has 0 bridgehead atoms. The van der Waals surface area contributed by atoms with Gasteiger partial charge in [-0.1, -0.05) is 36.4 Å². The Morgan fingerprint density at radius 2 is 1.75 bits per heavy atom. The minimum Gasteiger partial charge on any atom is -0.478 e. The third-order valence-corrected chi connectivity index (χ3v) is 8.17. The van der Waals surface area contributed by atoms with E-state index < -0.39 is 23.6 Å². The number of hydrogen-bond acceptors (Lipinski definition) is 7. The summed E-state index contributed by atoms with van der Waals surface area (Å²) in [6, 6.07) is 24.0. The van der Waals surface area contributed by atoms with E-state index in [-0.39, 0.29) is 36.6 Å². The second-order valence-electron chi connectivity index (χ2n) is 13.2. The molecule has 5 aromatic rings. The fourth-order valence-corrected chi connectivity index (χ4v) is 5.60. The normalized spacial score (nSPS) is 15.4. The van der Waals surface area contributed by atoms with Crippen molar-refractivity contribution in [3.63, 3.8) is 0 Å². The number of aromatic nitrogens is 4. The predicted molar refractivity (Wildman–Crippen MR) is 188 cm³/mol. The smallest absolute Gasteiger partial charge is 0.410 e. The van der Waals surface area contributed by atoms with E-state index in [0.717, 1.165) is 22.9 Å². The highest BCUT2D eigenvalue weighted by Crippen LogP contribution is 2.45. The largest absolute Gasteiger partial charge is 0.478 e. The summed E-state index contributed by atoms with van der Waals surface area (Å²) in [6.45, 7) is 5.63. The van der Waals surface area contributed by atoms with Gasteiger partial charge in [-0.2, -0.15) is 5.10 Å². The number of nitrogens with zero attached hydrogens (tertiary/aromatic N) is 5. The first-order chi connectivity index (χ1) is 24.4. The third-order valence-electron chi connectivity index (χ3n) is 8.17. The molecular formula is C39H37FN6O5. The van der Waals surface area contributed by atoms with Gasteiger partial charge in [0.25, 0.3) is 5.91 Å². The minimum absolute atomic E-state index is 0.0111. The maximum Gasteiger partial charge on any atom is 0.410 e. The SMILES string of the molecule is CC(C)(C)OC(=O)N(Cc1cc(C(=O)NCc2ccc(/C=C/C(=O)O)cc2)nc(-c2ccc(-n3cccn3)cc2)n1)[C@@H]1C[C@H]1c1ccc(F)cc1. The first-order valence-electron chi connectivity index (χ1n) is 16.4. The lowest BCUT2D eigenvalue weighted by molar-refractivity contribution is -0.131. The molecule has 2 aromatic heterocycles. The summed E-state index contributed by atoms with van der Waals surface area (Å²) in [6.07, 6.45) is 6.21. The summed E-state index contributed by atoms with van der Waals surface area (Å²) in [5.41, 5.74) is 3.72. The second kappa shape index (κ2) is 14.8. The number of amides is 2. The van der Waals surface area contributed by atoms with Gasteiger partial charge in [0.05, 0.1) is 17.9 Å². The Bertz CT molecular complexity index is 2040. The molecule has 11 nitrogen and oxygen atoms in total. The molecule has 0 aliphatic heterocycles. The zero-order valence-corrected chi connectivity index (χ0v) is 28.4. The van der Waals surface area contributed by atoms with Crippen molar-refractivity contribution < 1.29 is 28.6 Å². The Balaban J connectivity index is 1.29. The number of halogens is 1. The molecule has 12 heteroatoms. The van der Waals surface area contributed by atoms with Crippen LogP contribution in [-0.2, 0) is 22.6 Å². The Morgan fingerprint density at radius 3 is 2.39 bits per heavy atom. The zero-order valence-electron chi connectivity index (χ0n) is 28.4. The van der Waals surface area contributed by atoms with E-state index in [1.54, 1.807) is 79.0 Å². The topological polar surface area (TPSA) is 140 Å². The molecule has 1 aliphatic carbocycles. The zero-order chi connectivity index (χ0) is 36.1. The summed E-state index contributed by atoms with van der Waals surface area (Å²) in [5, 5.41) is 16.1. The Morgan fingerprint density at radius 1 is 1.02 bits per heavy atom. The van der Waals surface area contributed by atoms with E-state index in [0.29, 0.717) is 29.1 Å². The highest BCUT2D eigenvalue weighted by Gasteiger charge is 2.46. The van der Waals surface area contributed by atoms with Crippen LogP contribution >= 0.6 is 0 Å². The average Bonchev–Trinajstić information content (AvgIpc) is 3.69. The van der Waals surface area contributed by atoms with E-state index in [9.17, 15) is 18.8 Å². The van der Waals surface area contributed by atoms with Gasteiger partial charge in [0.1, 0.15) is 17.1 Å². The molecule has 260 valence electrons. The van der Waals surface area contributed by atoms with Gasteiger partial charge in [0, 0.05) is 42.5 Å². The van der Waals surface area contributed by atoms with E-state index in [2.05, 4.69) is 15.4 Å². The standard InChI is InChI=1S/C39H37FN6O5/c1-39(2,3)51-38(50)45(34-22-32(34)27-10-14-29(40)15-11-27)24-30-21-33(37(49)41-23-26-7-5-25(6-8-26)9-18-35(47)48)44-36(43-30)28-12-16-31(17-13-28)46-20-4-19-42-46/h4-21,32,34H,22-24H2,1-3H3,(H,41,49)(H,47,48)/b18-9+/t32-,34+/m0/s1. The number of aliphatic carboxylic acids is 1. The fourth-order valence-electron chi connectivity index (χ4n) is 5.60. The minimum atomic E-state index is -1.04. The number of carbonyl (C=O) groups excluding carboxylic acids is 2. The van der Waals surface area contributed by atoms with Crippen molar-refractivity contribution in [1.29, 1.82) is 0 Å². The number of rotatable bonds is 11. The number of hydrogen-bond donors (Lipinski definition) is 2. The van der Waals surface area contributed by atoms with Crippen LogP contribution in [0.3, 0.4) is 0 Å². The molecule has 3 aromatic carbocycles. The van der Waals surface area contributed by atoms with Crippen molar-refractivity contribution in [3.8, 4) is 17.1 Å². The van der Waals surface area contributed by atoms with Gasteiger partial charge in [0.15, 0.2) is 5.82 Å². The molecule has 2 N–H and O–H groups in total. The number of ether oxygens (including phenoxy) is 1. The van der Waals surface area contributed by atoms with Crippen LogP contribution < -0.4 is 5.32 Å². The number of carboxylic acids is 1. The van der Waals surface area contributed by atoms with Gasteiger partial charge in [-0.25, -0.2) is 28.6 Å². The molecule has 0 radical (unpaired) electrons. The van der Waals surface area contributed by atoms with Crippen LogP contribution in [0.4, 0.5) is 9.18 Å². The lowest BCUT2D eigenvalue weighted by atomic mass is 10.1. The molecule has 2 atom stereocenters. The van der Waals surface area contributed by atoms with Crippen LogP contribution in [0.5, 0.6) is 0 Å². The number of benzene rings is 3. The highest BCUT2D eigenvalue weighted by molar-refractivity contribution is 5.92. The molecule has 0 unspecified atom stereocenters. The first-order valence-corrected chi connectivity index (χ1v) is 16.4. The van der Waals surface area contributed by atoms with Crippen molar-refractivity contribution in [2.45, 2.75) is 57.8 Å². The molecule has 1 saturated carbocycles. The number of carboxylic acid groups (broad SMARTS) is 1. The van der Waals surface area contributed by atoms with Crippen LogP contribution in [0.15, 0.2) is 103 Å². The number of carbonyl (C=O) groups is 3. The van der Waals surface area contributed by atoms with E-state index >= 15 is 0 Å². The molecule has 6 rings (SSSR count). The molecule has 0 saturated heterocycles. The fraction of sp³-hybridized carbons (Fsp3) is 0.231. The molecule has 51 heavy (non-hydrogen) atoms. The van der Waals surface area contributed by atoms with E-state index in [1.165, 1.54) is 18.2 Å². The van der Waals surface area contributed by atoms with Crippen molar-refractivity contribution >= 4 is 24.0 Å². The summed E-state index contributed by atoms with van der Waals surface area (Å²) < 4.78 is 21.2. The van der Waals surface area contributed by atoms with Gasteiger partial charge >= 0.3 is 12.1 Å². The van der Waals surface area contributed by atoms with Gasteiger partial charge in [-0.15, -0.1) is 0 Å². The summed E-state index contributed by atoms with van der Waals surface area (Å²) >= 11 is 0. The average molecular weight is 689 g/mol. The van der Waals surface area contributed by atoms with Crippen LogP contribution in [-0.4, -0.2) is 59.4 Å². The Labute approximate surface area is 294 Å². The van der Waals surface area contributed by atoms with Gasteiger partial charge in [-0.3, -0.25) is 9.69 Å².